The predicted molar refractivity (Wildman–Crippen MR) is 115 cm³/mol. The number of aryl methyl sites for hydroxylation is 1. The van der Waals surface area contributed by atoms with Crippen LogP contribution in [0.1, 0.15) is 63.9 Å². The van der Waals surface area contributed by atoms with Crippen LogP contribution in [0.5, 0.6) is 0 Å². The molecular weight excluding hydrogens is 405 g/mol. The van der Waals surface area contributed by atoms with E-state index in [0.717, 1.165) is 0 Å². The second-order valence-corrected chi connectivity index (χ2v) is 8.17. The Labute approximate surface area is 159 Å². The first kappa shape index (κ1) is 17.8. The molecule has 0 radical (unpaired) electrons. The number of H-pyrrole nitrogens is 1. The largest absolute Gasteiger partial charge is 0.355 e. The summed E-state index contributed by atoms with van der Waals surface area (Å²) >= 11 is 2.39. The van der Waals surface area contributed by atoms with Gasteiger partial charge >= 0.3 is 0 Å². The van der Waals surface area contributed by atoms with Crippen molar-refractivity contribution in [1.82, 2.24) is 4.98 Å². The number of hydrogen-bond acceptors (Lipinski definition) is 0. The second kappa shape index (κ2) is 8.89. The van der Waals surface area contributed by atoms with E-state index in [1.807, 2.05) is 0 Å². The van der Waals surface area contributed by atoms with Crippen molar-refractivity contribution in [2.45, 2.75) is 64.7 Å². The van der Waals surface area contributed by atoms with Gasteiger partial charge in [0, 0.05) is 25.4 Å². The lowest BCUT2D eigenvalue weighted by Crippen LogP contribution is -1.86. The SMILES string of the molecule is CCCCCCCCCCc1ccc2c(c1)[nH]c1ccc(I)cc12. The molecule has 0 saturated carbocycles. The fourth-order valence-electron chi connectivity index (χ4n) is 3.54. The number of aromatic amines is 1. The maximum Gasteiger partial charge on any atom is 0.0467 e. The van der Waals surface area contributed by atoms with Crippen LogP contribution in [0.25, 0.3) is 21.8 Å². The van der Waals surface area contributed by atoms with Crippen molar-refractivity contribution in [2.75, 3.05) is 0 Å². The van der Waals surface area contributed by atoms with Crippen molar-refractivity contribution >= 4 is 44.4 Å². The summed E-state index contributed by atoms with van der Waals surface area (Å²) in [5.41, 5.74) is 3.99. The van der Waals surface area contributed by atoms with Crippen molar-refractivity contribution in [3.8, 4) is 0 Å². The fourth-order valence-corrected chi connectivity index (χ4v) is 4.03. The molecule has 1 aromatic heterocycles. The highest BCUT2D eigenvalue weighted by atomic mass is 127. The second-order valence-electron chi connectivity index (χ2n) is 6.92. The molecular formula is C22H28IN. The van der Waals surface area contributed by atoms with Crippen molar-refractivity contribution in [3.05, 3.63) is 45.5 Å². The van der Waals surface area contributed by atoms with E-state index in [0.29, 0.717) is 0 Å². The van der Waals surface area contributed by atoms with Gasteiger partial charge in [0.15, 0.2) is 0 Å². The lowest BCUT2D eigenvalue weighted by Gasteiger charge is -2.03. The van der Waals surface area contributed by atoms with Gasteiger partial charge in [-0.05, 0) is 65.3 Å². The molecule has 1 nitrogen and oxygen atoms in total. The zero-order valence-electron chi connectivity index (χ0n) is 14.7. The Hall–Kier alpha value is -1.03. The van der Waals surface area contributed by atoms with Crippen LogP contribution in [0.15, 0.2) is 36.4 Å². The monoisotopic (exact) mass is 433 g/mol. The van der Waals surface area contributed by atoms with Crippen LogP contribution < -0.4 is 0 Å². The summed E-state index contributed by atoms with van der Waals surface area (Å²) in [6, 6.07) is 13.6. The van der Waals surface area contributed by atoms with E-state index in [1.165, 1.54) is 88.7 Å². The molecule has 128 valence electrons. The summed E-state index contributed by atoms with van der Waals surface area (Å²) in [5, 5.41) is 2.69. The van der Waals surface area contributed by atoms with Crippen LogP contribution in [0, 0.1) is 3.57 Å². The Kier molecular flexibility index (Phi) is 6.59. The quantitative estimate of drug-likeness (QED) is 0.264. The normalized spacial score (nSPS) is 11.6. The van der Waals surface area contributed by atoms with E-state index in [4.69, 9.17) is 0 Å². The molecule has 0 bridgehead atoms. The number of unbranched alkanes of at least 4 members (excludes halogenated alkanes) is 7. The molecule has 0 amide bonds. The third-order valence-corrected chi connectivity index (χ3v) is 5.62. The predicted octanol–water partition coefficient (Wildman–Crippen LogP) is 7.61. The summed E-state index contributed by atoms with van der Waals surface area (Å²) in [4.78, 5) is 3.57. The third-order valence-electron chi connectivity index (χ3n) is 4.94. The van der Waals surface area contributed by atoms with Crippen LogP contribution in [0.3, 0.4) is 0 Å². The zero-order valence-corrected chi connectivity index (χ0v) is 16.9. The van der Waals surface area contributed by atoms with Gasteiger partial charge in [-0.3, -0.25) is 0 Å². The maximum atomic E-state index is 3.57. The van der Waals surface area contributed by atoms with Gasteiger partial charge in [0.1, 0.15) is 0 Å². The van der Waals surface area contributed by atoms with Gasteiger partial charge in [0.25, 0.3) is 0 Å². The summed E-state index contributed by atoms with van der Waals surface area (Å²) in [6.07, 6.45) is 12.3. The first-order valence-corrected chi connectivity index (χ1v) is 10.6. The number of fused-ring (bicyclic) bond motifs is 3. The Morgan fingerprint density at radius 1 is 0.750 bits per heavy atom. The molecule has 2 heteroatoms. The van der Waals surface area contributed by atoms with Gasteiger partial charge in [-0.1, -0.05) is 64.0 Å². The highest BCUT2D eigenvalue weighted by Gasteiger charge is 2.05. The van der Waals surface area contributed by atoms with Crippen LogP contribution >= 0.6 is 22.6 Å². The minimum absolute atomic E-state index is 1.21. The molecule has 1 heterocycles. The summed E-state index contributed by atoms with van der Waals surface area (Å²) in [6.45, 7) is 2.28. The van der Waals surface area contributed by atoms with Crippen LogP contribution in [0.2, 0.25) is 0 Å². The number of halogens is 1. The average Bonchev–Trinajstić information content (AvgIpc) is 2.94. The van der Waals surface area contributed by atoms with Crippen LogP contribution in [0.4, 0.5) is 0 Å². The van der Waals surface area contributed by atoms with Gasteiger partial charge < -0.3 is 4.98 Å². The van der Waals surface area contributed by atoms with Crippen LogP contribution in [-0.4, -0.2) is 4.98 Å². The molecule has 0 atom stereocenters. The van der Waals surface area contributed by atoms with Crippen molar-refractivity contribution in [3.63, 3.8) is 0 Å². The Balaban J connectivity index is 1.53. The Morgan fingerprint density at radius 2 is 1.50 bits per heavy atom. The fraction of sp³-hybridized carbons (Fsp3) is 0.455. The molecule has 1 N–H and O–H groups in total. The molecule has 3 aromatic rings. The summed E-state index contributed by atoms with van der Waals surface area (Å²) in [7, 11) is 0. The van der Waals surface area contributed by atoms with E-state index in [-0.39, 0.29) is 0 Å². The van der Waals surface area contributed by atoms with E-state index in [9.17, 15) is 0 Å². The summed E-state index contributed by atoms with van der Waals surface area (Å²) in [5.74, 6) is 0. The van der Waals surface area contributed by atoms with Gasteiger partial charge in [0.2, 0.25) is 0 Å². The number of hydrogen-bond donors (Lipinski definition) is 1. The maximum absolute atomic E-state index is 3.57. The molecule has 0 aliphatic carbocycles. The first-order valence-electron chi connectivity index (χ1n) is 9.48. The standard InChI is InChI=1S/C22H28IN/c1-2-3-4-5-6-7-8-9-10-17-11-13-19-20-16-18(23)12-14-21(20)24-22(19)15-17/h11-16,24H,2-10H2,1H3. The topological polar surface area (TPSA) is 15.8 Å². The van der Waals surface area contributed by atoms with Gasteiger partial charge in [-0.15, -0.1) is 0 Å². The number of rotatable bonds is 9. The van der Waals surface area contributed by atoms with Crippen LogP contribution in [-0.2, 0) is 6.42 Å². The van der Waals surface area contributed by atoms with Gasteiger partial charge in [-0.25, -0.2) is 0 Å². The highest BCUT2D eigenvalue weighted by molar-refractivity contribution is 14.1. The first-order chi connectivity index (χ1) is 11.8. The summed E-state index contributed by atoms with van der Waals surface area (Å²) < 4.78 is 1.30. The van der Waals surface area contributed by atoms with Gasteiger partial charge in [0.05, 0.1) is 0 Å². The number of nitrogens with one attached hydrogen (secondary N) is 1. The number of benzene rings is 2. The van der Waals surface area contributed by atoms with Gasteiger partial charge in [-0.2, -0.15) is 0 Å². The third kappa shape index (κ3) is 4.53. The zero-order chi connectivity index (χ0) is 16.8. The van der Waals surface area contributed by atoms with E-state index in [2.05, 4.69) is 70.9 Å². The minimum Gasteiger partial charge on any atom is -0.355 e. The number of aromatic nitrogens is 1. The molecule has 0 saturated heterocycles. The molecule has 0 spiro atoms. The molecule has 0 fully saturated rings. The van der Waals surface area contributed by atoms with E-state index < -0.39 is 0 Å². The molecule has 2 aromatic carbocycles. The molecule has 3 rings (SSSR count). The van der Waals surface area contributed by atoms with Crippen molar-refractivity contribution < 1.29 is 0 Å². The average molecular weight is 433 g/mol. The minimum atomic E-state index is 1.21. The lowest BCUT2D eigenvalue weighted by atomic mass is 10.0. The molecule has 0 aliphatic heterocycles. The smallest absolute Gasteiger partial charge is 0.0467 e. The molecule has 0 aliphatic rings. The molecule has 0 unspecified atom stereocenters. The van der Waals surface area contributed by atoms with E-state index >= 15 is 0 Å². The Morgan fingerprint density at radius 3 is 2.29 bits per heavy atom. The van der Waals surface area contributed by atoms with E-state index in [1.54, 1.807) is 0 Å². The Bertz CT molecular complexity index is 787. The lowest BCUT2D eigenvalue weighted by molar-refractivity contribution is 0.575. The molecule has 24 heavy (non-hydrogen) atoms. The highest BCUT2D eigenvalue weighted by Crippen LogP contribution is 2.28. The van der Waals surface area contributed by atoms with Crippen molar-refractivity contribution in [2.24, 2.45) is 0 Å². The van der Waals surface area contributed by atoms with Crippen molar-refractivity contribution in [1.29, 1.82) is 0 Å².